The number of ether oxygens (including phenoxy) is 1. The fourth-order valence-electron chi connectivity index (χ4n) is 3.71. The van der Waals surface area contributed by atoms with Gasteiger partial charge in [0.05, 0.1) is 24.7 Å². The highest BCUT2D eigenvalue weighted by Gasteiger charge is 2.53. The van der Waals surface area contributed by atoms with E-state index < -0.39 is 5.41 Å². The fourth-order valence-corrected chi connectivity index (χ4v) is 3.71. The van der Waals surface area contributed by atoms with E-state index in [-0.39, 0.29) is 23.8 Å². The lowest BCUT2D eigenvalue weighted by Crippen LogP contribution is -2.50. The van der Waals surface area contributed by atoms with Gasteiger partial charge in [-0.2, -0.15) is 0 Å². The number of likely N-dealkylation sites (tertiary alicyclic amines) is 1. The Morgan fingerprint density at radius 3 is 2.68 bits per heavy atom. The second-order valence-electron chi connectivity index (χ2n) is 7.30. The number of carbonyl (C=O) groups excluding carboxylic acids is 2. The van der Waals surface area contributed by atoms with Crippen LogP contribution in [0.5, 0.6) is 0 Å². The molecule has 0 spiro atoms. The van der Waals surface area contributed by atoms with Crippen molar-refractivity contribution in [1.29, 1.82) is 0 Å². The van der Waals surface area contributed by atoms with Gasteiger partial charge in [-0.05, 0) is 24.6 Å². The second-order valence-corrected chi connectivity index (χ2v) is 7.30. The smallest absolute Gasteiger partial charge is 0.255 e. The van der Waals surface area contributed by atoms with Crippen molar-refractivity contribution in [1.82, 2.24) is 15.2 Å². The SMILES string of the molecule is CC1(C)C(=O)N(C2COC2)C2=CC(NC(=O)c3ccncc3)=CCC21. The molecule has 25 heavy (non-hydrogen) atoms. The molecule has 6 heteroatoms. The van der Waals surface area contributed by atoms with E-state index in [2.05, 4.69) is 10.3 Å². The second kappa shape index (κ2) is 5.81. The van der Waals surface area contributed by atoms with Crippen molar-refractivity contribution in [2.45, 2.75) is 26.3 Å². The number of rotatable bonds is 3. The van der Waals surface area contributed by atoms with Crippen molar-refractivity contribution in [3.8, 4) is 0 Å². The molecule has 1 unspecified atom stereocenters. The van der Waals surface area contributed by atoms with E-state index in [9.17, 15) is 9.59 Å². The number of amides is 2. The molecule has 1 aromatic heterocycles. The lowest BCUT2D eigenvalue weighted by Gasteiger charge is -2.36. The first-order valence-electron chi connectivity index (χ1n) is 8.53. The van der Waals surface area contributed by atoms with E-state index in [1.54, 1.807) is 24.5 Å². The molecular formula is C19H21N3O3. The molecule has 1 N–H and O–H groups in total. The van der Waals surface area contributed by atoms with Gasteiger partial charge < -0.3 is 15.0 Å². The summed E-state index contributed by atoms with van der Waals surface area (Å²) in [6.07, 6.45) is 7.87. The number of nitrogens with zero attached hydrogens (tertiary/aromatic N) is 2. The van der Waals surface area contributed by atoms with Crippen molar-refractivity contribution in [2.24, 2.45) is 11.3 Å². The molecule has 3 heterocycles. The number of allylic oxidation sites excluding steroid dienone is 3. The third-order valence-corrected chi connectivity index (χ3v) is 5.34. The minimum absolute atomic E-state index is 0.110. The molecular weight excluding hydrogens is 318 g/mol. The van der Waals surface area contributed by atoms with Crippen LogP contribution >= 0.6 is 0 Å². The van der Waals surface area contributed by atoms with E-state index >= 15 is 0 Å². The van der Waals surface area contributed by atoms with Crippen LogP contribution < -0.4 is 5.32 Å². The van der Waals surface area contributed by atoms with Gasteiger partial charge in [-0.25, -0.2) is 0 Å². The average molecular weight is 339 g/mol. The summed E-state index contributed by atoms with van der Waals surface area (Å²) in [5, 5.41) is 2.93. The molecule has 2 aliphatic heterocycles. The topological polar surface area (TPSA) is 71.5 Å². The number of pyridine rings is 1. The standard InChI is InChI=1S/C19H21N3O3/c1-19(2)15-4-3-13(21-17(23)12-5-7-20-8-6-12)9-16(15)22(18(19)24)14-10-25-11-14/h3,5-9,14-15H,4,10-11H2,1-2H3,(H,21,23). The van der Waals surface area contributed by atoms with Gasteiger partial charge in [0.25, 0.3) is 5.91 Å². The first kappa shape index (κ1) is 16.0. The highest BCUT2D eigenvalue weighted by atomic mass is 16.5. The van der Waals surface area contributed by atoms with Gasteiger partial charge in [-0.1, -0.05) is 19.9 Å². The Morgan fingerprint density at radius 2 is 2.04 bits per heavy atom. The first-order chi connectivity index (χ1) is 12.0. The highest BCUT2D eigenvalue weighted by molar-refractivity contribution is 5.95. The number of aromatic nitrogens is 1. The molecule has 0 radical (unpaired) electrons. The molecule has 2 fully saturated rings. The molecule has 2 amide bonds. The van der Waals surface area contributed by atoms with Crippen LogP contribution in [-0.2, 0) is 9.53 Å². The molecule has 4 rings (SSSR count). The molecule has 1 aromatic rings. The average Bonchev–Trinajstić information content (AvgIpc) is 2.75. The summed E-state index contributed by atoms with van der Waals surface area (Å²) in [5.41, 5.74) is 1.86. The number of nitrogens with one attached hydrogen (secondary N) is 1. The Hall–Kier alpha value is -2.47. The number of hydrogen-bond donors (Lipinski definition) is 1. The summed E-state index contributed by atoms with van der Waals surface area (Å²) in [4.78, 5) is 31.1. The summed E-state index contributed by atoms with van der Waals surface area (Å²) in [6.45, 7) is 5.16. The van der Waals surface area contributed by atoms with Crippen molar-refractivity contribution in [2.75, 3.05) is 13.2 Å². The zero-order valence-corrected chi connectivity index (χ0v) is 14.4. The molecule has 130 valence electrons. The molecule has 0 aromatic carbocycles. The summed E-state index contributed by atoms with van der Waals surface area (Å²) in [5.74, 6) is 0.111. The van der Waals surface area contributed by atoms with Crippen molar-refractivity contribution < 1.29 is 14.3 Å². The quantitative estimate of drug-likeness (QED) is 0.912. The molecule has 1 atom stereocenters. The van der Waals surface area contributed by atoms with Crippen molar-refractivity contribution in [3.05, 3.63) is 53.6 Å². The van der Waals surface area contributed by atoms with Crippen molar-refractivity contribution in [3.63, 3.8) is 0 Å². The van der Waals surface area contributed by atoms with Crippen LogP contribution in [0, 0.1) is 11.3 Å². The normalized spacial score (nSPS) is 25.0. The van der Waals surface area contributed by atoms with Crippen LogP contribution in [0.4, 0.5) is 0 Å². The van der Waals surface area contributed by atoms with Crippen LogP contribution in [0.3, 0.4) is 0 Å². The Labute approximate surface area is 146 Å². The Kier molecular flexibility index (Phi) is 3.72. The van der Waals surface area contributed by atoms with Gasteiger partial charge in [0.1, 0.15) is 0 Å². The number of hydrogen-bond acceptors (Lipinski definition) is 4. The van der Waals surface area contributed by atoms with E-state index in [0.29, 0.717) is 18.8 Å². The predicted molar refractivity (Wildman–Crippen MR) is 91.2 cm³/mol. The predicted octanol–water partition coefficient (Wildman–Crippen LogP) is 1.87. The minimum atomic E-state index is -0.432. The van der Waals surface area contributed by atoms with Gasteiger partial charge in [-0.3, -0.25) is 14.6 Å². The van der Waals surface area contributed by atoms with E-state index in [0.717, 1.165) is 17.8 Å². The Balaban J connectivity index is 1.59. The summed E-state index contributed by atoms with van der Waals surface area (Å²) >= 11 is 0. The van der Waals surface area contributed by atoms with Crippen LogP contribution in [0.1, 0.15) is 30.6 Å². The zero-order valence-electron chi connectivity index (χ0n) is 14.4. The monoisotopic (exact) mass is 339 g/mol. The van der Waals surface area contributed by atoms with Gasteiger partial charge in [-0.15, -0.1) is 0 Å². The summed E-state index contributed by atoms with van der Waals surface area (Å²) < 4.78 is 5.28. The van der Waals surface area contributed by atoms with E-state index in [1.807, 2.05) is 30.9 Å². The first-order valence-corrected chi connectivity index (χ1v) is 8.53. The maximum absolute atomic E-state index is 12.9. The van der Waals surface area contributed by atoms with Gasteiger partial charge in [0, 0.05) is 35.3 Å². The Morgan fingerprint density at radius 1 is 1.32 bits per heavy atom. The number of fused-ring (bicyclic) bond motifs is 1. The van der Waals surface area contributed by atoms with Gasteiger partial charge in [0.15, 0.2) is 0 Å². The summed E-state index contributed by atoms with van der Waals surface area (Å²) in [7, 11) is 0. The third kappa shape index (κ3) is 2.57. The zero-order chi connectivity index (χ0) is 17.6. The lowest BCUT2D eigenvalue weighted by atomic mass is 9.76. The van der Waals surface area contributed by atoms with Crippen LogP contribution in [-0.4, -0.2) is 41.0 Å². The molecule has 0 bridgehead atoms. The summed E-state index contributed by atoms with van der Waals surface area (Å²) in [6, 6.07) is 3.46. The molecule has 3 aliphatic rings. The third-order valence-electron chi connectivity index (χ3n) is 5.34. The molecule has 0 saturated carbocycles. The van der Waals surface area contributed by atoms with Crippen molar-refractivity contribution >= 4 is 11.8 Å². The van der Waals surface area contributed by atoms with E-state index in [1.165, 1.54) is 0 Å². The van der Waals surface area contributed by atoms with Crippen LogP contribution in [0.2, 0.25) is 0 Å². The maximum atomic E-state index is 12.9. The van der Waals surface area contributed by atoms with Crippen LogP contribution in [0.15, 0.2) is 48.1 Å². The van der Waals surface area contributed by atoms with Gasteiger partial charge in [0.2, 0.25) is 5.91 Å². The largest absolute Gasteiger partial charge is 0.377 e. The minimum Gasteiger partial charge on any atom is -0.377 e. The van der Waals surface area contributed by atoms with Crippen LogP contribution in [0.25, 0.3) is 0 Å². The maximum Gasteiger partial charge on any atom is 0.255 e. The number of carbonyl (C=O) groups is 2. The molecule has 1 aliphatic carbocycles. The highest BCUT2D eigenvalue weighted by Crippen LogP contribution is 2.49. The molecule has 2 saturated heterocycles. The van der Waals surface area contributed by atoms with E-state index in [4.69, 9.17) is 4.74 Å². The molecule has 6 nitrogen and oxygen atoms in total. The van der Waals surface area contributed by atoms with Gasteiger partial charge >= 0.3 is 0 Å². The fraction of sp³-hybridized carbons (Fsp3) is 0.421. The lowest BCUT2D eigenvalue weighted by molar-refractivity contribution is -0.143. The Bertz CT molecular complexity index is 778.